The zero-order valence-electron chi connectivity index (χ0n) is 27.7. The van der Waals surface area contributed by atoms with Gasteiger partial charge in [-0.05, 0) is 129 Å². The maximum Gasteiger partial charge on any atom is 0.309 e. The summed E-state index contributed by atoms with van der Waals surface area (Å²) < 4.78 is 6.33. The molecule has 0 radical (unpaired) electrons. The second kappa shape index (κ2) is 9.82. The van der Waals surface area contributed by atoms with Crippen LogP contribution < -0.4 is 0 Å². The zero-order chi connectivity index (χ0) is 31.5. The maximum absolute atomic E-state index is 13.4. The smallest absolute Gasteiger partial charge is 0.309 e. The highest BCUT2D eigenvalue weighted by Gasteiger charge is 2.69. The zero-order valence-corrected chi connectivity index (χ0v) is 27.7. The van der Waals surface area contributed by atoms with Gasteiger partial charge in [0.25, 0.3) is 0 Å². The van der Waals surface area contributed by atoms with E-state index in [1.54, 1.807) is 0 Å². The Hall–Kier alpha value is -1.85. The van der Waals surface area contributed by atoms with Gasteiger partial charge in [0.05, 0.1) is 17.3 Å². The molecule has 0 aliphatic heterocycles. The Bertz CT molecular complexity index is 1220. The summed E-state index contributed by atoms with van der Waals surface area (Å²) in [5, 5.41) is 20.1. The number of hydrogen-bond donors (Lipinski definition) is 2. The van der Waals surface area contributed by atoms with E-state index in [0.29, 0.717) is 36.0 Å². The predicted octanol–water partition coefficient (Wildman–Crippen LogP) is 8.00. The number of rotatable bonds is 5. The topological polar surface area (TPSA) is 101 Å². The van der Waals surface area contributed by atoms with Gasteiger partial charge in [0.2, 0.25) is 0 Å². The molecule has 6 aliphatic carbocycles. The summed E-state index contributed by atoms with van der Waals surface area (Å²) in [4.78, 5) is 37.9. The fourth-order valence-electron chi connectivity index (χ4n) is 13.3. The fourth-order valence-corrected chi connectivity index (χ4v) is 13.3. The first-order valence-electron chi connectivity index (χ1n) is 17.2. The number of ether oxygens (including phenoxy) is 1. The fraction of sp³-hybridized carbons (Fsp3) is 0.865. The van der Waals surface area contributed by atoms with Crippen LogP contribution in [0.4, 0.5) is 0 Å². The standard InChI is InChI=1S/C37H56O6/c1-20(2)21-11-17-37(32(41)42)18-12-23-22(29(21)37)9-10-27-35(23,7)15-13-26-34(5,6)28(14-16-36(26,27)8)43-31(40)25-19-24(30(38)39)33(25,3)4/h21-29H,1,9-19H2,2-8H3,(H,38,39)(H,41,42)/t21?,22?,23?,24-,25+,26?,27?,28+,29?,35+,36+,37?/m1/s1. The Morgan fingerprint density at radius 1 is 0.744 bits per heavy atom. The Balaban J connectivity index is 1.22. The molecule has 6 rings (SSSR count). The molecule has 0 aromatic carbocycles. The van der Waals surface area contributed by atoms with E-state index in [0.717, 1.165) is 64.2 Å². The Morgan fingerprint density at radius 3 is 2.00 bits per heavy atom. The van der Waals surface area contributed by atoms with Gasteiger partial charge in [-0.1, -0.05) is 53.7 Å². The molecule has 2 N–H and O–H groups in total. The van der Waals surface area contributed by atoms with Crippen molar-refractivity contribution in [3.63, 3.8) is 0 Å². The lowest BCUT2D eigenvalue weighted by molar-refractivity contribution is -0.228. The highest BCUT2D eigenvalue weighted by molar-refractivity contribution is 5.81. The molecule has 7 unspecified atom stereocenters. The van der Waals surface area contributed by atoms with Crippen molar-refractivity contribution in [2.75, 3.05) is 0 Å². The number of carboxylic acids is 2. The summed E-state index contributed by atoms with van der Waals surface area (Å²) in [6.07, 6.45) is 10.3. The number of allylic oxidation sites excluding steroid dienone is 1. The summed E-state index contributed by atoms with van der Waals surface area (Å²) in [6.45, 7) is 20.0. The van der Waals surface area contributed by atoms with Gasteiger partial charge in [0.1, 0.15) is 6.10 Å². The van der Waals surface area contributed by atoms with Crippen LogP contribution in [-0.4, -0.2) is 34.2 Å². The van der Waals surface area contributed by atoms with Crippen molar-refractivity contribution in [1.82, 2.24) is 0 Å². The first-order valence-corrected chi connectivity index (χ1v) is 17.2. The van der Waals surface area contributed by atoms with Crippen molar-refractivity contribution >= 4 is 17.9 Å². The number of carbonyl (C=O) groups excluding carboxylic acids is 1. The molecule has 240 valence electrons. The Labute approximate surface area is 258 Å². The highest BCUT2D eigenvalue weighted by Crippen LogP contribution is 2.74. The second-order valence-electron chi connectivity index (χ2n) is 17.8. The third kappa shape index (κ3) is 4.12. The average molecular weight is 597 g/mol. The van der Waals surface area contributed by atoms with Gasteiger partial charge in [-0.25, -0.2) is 0 Å². The molecule has 0 aromatic rings. The molecular weight excluding hydrogens is 540 g/mol. The lowest BCUT2D eigenvalue weighted by atomic mass is 9.36. The number of carbonyl (C=O) groups is 3. The van der Waals surface area contributed by atoms with Crippen molar-refractivity contribution in [3.05, 3.63) is 12.2 Å². The minimum Gasteiger partial charge on any atom is -0.481 e. The quantitative estimate of drug-likeness (QED) is 0.246. The van der Waals surface area contributed by atoms with Gasteiger partial charge in [-0.3, -0.25) is 14.4 Å². The normalized spacial score (nSPS) is 49.2. The van der Waals surface area contributed by atoms with Crippen LogP contribution in [0.2, 0.25) is 0 Å². The van der Waals surface area contributed by atoms with Gasteiger partial charge in [0.15, 0.2) is 0 Å². The summed E-state index contributed by atoms with van der Waals surface area (Å²) in [5.41, 5.74) is 0.209. The number of hydrogen-bond acceptors (Lipinski definition) is 4. The molecule has 0 aromatic heterocycles. The molecule has 0 heterocycles. The minimum absolute atomic E-state index is 0.152. The van der Waals surface area contributed by atoms with Crippen LogP contribution in [0.3, 0.4) is 0 Å². The molecule has 43 heavy (non-hydrogen) atoms. The number of esters is 1. The van der Waals surface area contributed by atoms with Gasteiger partial charge in [-0.2, -0.15) is 0 Å². The molecule has 0 saturated heterocycles. The van der Waals surface area contributed by atoms with Crippen molar-refractivity contribution in [1.29, 1.82) is 0 Å². The lowest BCUT2D eigenvalue weighted by Crippen LogP contribution is -2.64. The van der Waals surface area contributed by atoms with Crippen molar-refractivity contribution in [2.45, 2.75) is 125 Å². The Kier molecular flexibility index (Phi) is 7.12. The molecule has 6 nitrogen and oxygen atoms in total. The van der Waals surface area contributed by atoms with Gasteiger partial charge in [-0.15, -0.1) is 0 Å². The van der Waals surface area contributed by atoms with Gasteiger partial charge in [0, 0.05) is 5.41 Å². The van der Waals surface area contributed by atoms with E-state index in [2.05, 4.69) is 41.2 Å². The first-order chi connectivity index (χ1) is 19.9. The highest BCUT2D eigenvalue weighted by atomic mass is 16.5. The predicted molar refractivity (Wildman–Crippen MR) is 165 cm³/mol. The van der Waals surface area contributed by atoms with E-state index < -0.39 is 28.7 Å². The van der Waals surface area contributed by atoms with Crippen LogP contribution in [0.5, 0.6) is 0 Å². The van der Waals surface area contributed by atoms with Crippen molar-refractivity contribution in [3.8, 4) is 0 Å². The van der Waals surface area contributed by atoms with Crippen LogP contribution in [0, 0.1) is 74.4 Å². The largest absolute Gasteiger partial charge is 0.481 e. The minimum atomic E-state index is -0.822. The van der Waals surface area contributed by atoms with Crippen molar-refractivity contribution in [2.24, 2.45) is 74.4 Å². The van der Waals surface area contributed by atoms with E-state index in [1.807, 2.05) is 13.8 Å². The van der Waals surface area contributed by atoms with E-state index >= 15 is 0 Å². The summed E-state index contributed by atoms with van der Waals surface area (Å²) in [5.74, 6) is 0.137. The average Bonchev–Trinajstić information content (AvgIpc) is 3.31. The molecule has 6 heteroatoms. The van der Waals surface area contributed by atoms with E-state index in [4.69, 9.17) is 4.74 Å². The van der Waals surface area contributed by atoms with Crippen LogP contribution >= 0.6 is 0 Å². The summed E-state index contributed by atoms with van der Waals surface area (Å²) in [7, 11) is 0. The summed E-state index contributed by atoms with van der Waals surface area (Å²) >= 11 is 0. The number of fused-ring (bicyclic) bond motifs is 7. The van der Waals surface area contributed by atoms with Crippen LogP contribution in [0.15, 0.2) is 12.2 Å². The van der Waals surface area contributed by atoms with Crippen LogP contribution in [0.25, 0.3) is 0 Å². The molecule has 6 saturated carbocycles. The first kappa shape index (κ1) is 31.1. The third-order valence-electron chi connectivity index (χ3n) is 15.7. The van der Waals surface area contributed by atoms with E-state index in [-0.39, 0.29) is 40.2 Å². The van der Waals surface area contributed by atoms with Crippen molar-refractivity contribution < 1.29 is 29.3 Å². The molecule has 6 aliphatic rings. The summed E-state index contributed by atoms with van der Waals surface area (Å²) in [6, 6.07) is 0. The van der Waals surface area contributed by atoms with Crippen LogP contribution in [-0.2, 0) is 19.1 Å². The van der Waals surface area contributed by atoms with Gasteiger partial charge >= 0.3 is 17.9 Å². The maximum atomic E-state index is 13.4. The second-order valence-corrected chi connectivity index (χ2v) is 17.8. The van der Waals surface area contributed by atoms with E-state index in [1.165, 1.54) is 5.57 Å². The number of aliphatic carboxylic acids is 2. The van der Waals surface area contributed by atoms with E-state index in [9.17, 15) is 24.6 Å². The van der Waals surface area contributed by atoms with Crippen LogP contribution in [0.1, 0.15) is 119 Å². The lowest BCUT2D eigenvalue weighted by Gasteiger charge is -2.69. The third-order valence-corrected chi connectivity index (χ3v) is 15.7. The SMILES string of the molecule is C=C(C)C1CCC2(C(=O)O)CCC3C(CCC4[C@@]3(C)CCC3C(C)(C)[C@@H](OC(=O)[C@@H]5C[C@H](C(=O)O)C5(C)C)CC[C@@]34C)C12. The number of carboxylic acid groups (broad SMARTS) is 2. The molecule has 0 spiro atoms. The molecular formula is C37H56O6. The molecule has 6 fully saturated rings. The van der Waals surface area contributed by atoms with Gasteiger partial charge < -0.3 is 14.9 Å². The molecule has 12 atom stereocenters. The Morgan fingerprint density at radius 2 is 1.40 bits per heavy atom. The molecule has 0 bridgehead atoms. The monoisotopic (exact) mass is 596 g/mol. The molecule has 0 amide bonds.